The van der Waals surface area contributed by atoms with Gasteiger partial charge in [-0.1, -0.05) is 51.1 Å². The van der Waals surface area contributed by atoms with Crippen molar-refractivity contribution in [3.63, 3.8) is 0 Å². The van der Waals surface area contributed by atoms with Gasteiger partial charge in [-0.25, -0.2) is 0 Å². The van der Waals surface area contributed by atoms with E-state index in [2.05, 4.69) is 38.2 Å². The van der Waals surface area contributed by atoms with Gasteiger partial charge in [0.2, 0.25) is 5.91 Å². The zero-order valence-electron chi connectivity index (χ0n) is 12.2. The number of nitrogens with two attached hydrogens (primary N) is 1. The first-order valence-electron chi connectivity index (χ1n) is 7.09. The van der Waals surface area contributed by atoms with Crippen LogP contribution in [0, 0.1) is 5.92 Å². The minimum absolute atomic E-state index is 0.0334. The van der Waals surface area contributed by atoms with E-state index in [0.29, 0.717) is 18.4 Å². The molecule has 3 N–H and O–H groups in total. The number of rotatable bonds is 7. The van der Waals surface area contributed by atoms with Crippen LogP contribution in [0.3, 0.4) is 0 Å². The molecular formula is C16H26N2O. The largest absolute Gasteiger partial charge is 0.355 e. The minimum atomic E-state index is -0.382. The second-order valence-corrected chi connectivity index (χ2v) is 5.63. The maximum Gasteiger partial charge on any atom is 0.236 e. The van der Waals surface area contributed by atoms with E-state index in [4.69, 9.17) is 5.73 Å². The van der Waals surface area contributed by atoms with Crippen molar-refractivity contribution in [3.8, 4) is 0 Å². The van der Waals surface area contributed by atoms with Gasteiger partial charge in [-0.2, -0.15) is 0 Å². The number of hydrogen-bond donors (Lipinski definition) is 2. The molecule has 1 rings (SSSR count). The second-order valence-electron chi connectivity index (χ2n) is 5.63. The SMILES string of the molecule is CC(C)C[C@@H](N)C(=O)NCCC(C)c1ccccc1. The Morgan fingerprint density at radius 3 is 2.42 bits per heavy atom. The summed E-state index contributed by atoms with van der Waals surface area (Å²) in [6.45, 7) is 7.01. The Hall–Kier alpha value is -1.35. The fourth-order valence-corrected chi connectivity index (χ4v) is 2.11. The quantitative estimate of drug-likeness (QED) is 0.793. The van der Waals surface area contributed by atoms with Gasteiger partial charge < -0.3 is 11.1 Å². The van der Waals surface area contributed by atoms with Crippen molar-refractivity contribution in [2.45, 2.75) is 45.6 Å². The summed E-state index contributed by atoms with van der Waals surface area (Å²) in [5.41, 5.74) is 7.14. The van der Waals surface area contributed by atoms with Gasteiger partial charge in [-0.15, -0.1) is 0 Å². The van der Waals surface area contributed by atoms with E-state index in [1.54, 1.807) is 0 Å². The molecule has 19 heavy (non-hydrogen) atoms. The van der Waals surface area contributed by atoms with Crippen LogP contribution in [0.25, 0.3) is 0 Å². The van der Waals surface area contributed by atoms with Gasteiger partial charge >= 0.3 is 0 Å². The van der Waals surface area contributed by atoms with Crippen LogP contribution in [0.5, 0.6) is 0 Å². The summed E-state index contributed by atoms with van der Waals surface area (Å²) in [4.78, 5) is 11.8. The summed E-state index contributed by atoms with van der Waals surface area (Å²) >= 11 is 0. The van der Waals surface area contributed by atoms with E-state index in [-0.39, 0.29) is 11.9 Å². The lowest BCUT2D eigenvalue weighted by molar-refractivity contribution is -0.122. The molecule has 1 unspecified atom stereocenters. The summed E-state index contributed by atoms with van der Waals surface area (Å²) in [5.74, 6) is 0.862. The summed E-state index contributed by atoms with van der Waals surface area (Å²) in [7, 11) is 0. The van der Waals surface area contributed by atoms with E-state index >= 15 is 0 Å². The van der Waals surface area contributed by atoms with Crippen LogP contribution >= 0.6 is 0 Å². The molecule has 3 nitrogen and oxygen atoms in total. The van der Waals surface area contributed by atoms with Crippen LogP contribution in [0.1, 0.15) is 45.1 Å². The average Bonchev–Trinajstić information content (AvgIpc) is 2.38. The predicted molar refractivity (Wildman–Crippen MR) is 79.9 cm³/mol. The summed E-state index contributed by atoms with van der Waals surface area (Å²) < 4.78 is 0. The molecule has 1 aromatic rings. The van der Waals surface area contributed by atoms with Crippen molar-refractivity contribution < 1.29 is 4.79 Å². The zero-order valence-corrected chi connectivity index (χ0v) is 12.2. The Labute approximate surface area is 116 Å². The summed E-state index contributed by atoms with van der Waals surface area (Å²) in [6.07, 6.45) is 1.67. The van der Waals surface area contributed by atoms with E-state index in [0.717, 1.165) is 12.8 Å². The molecule has 1 amide bonds. The number of carbonyl (C=O) groups excluding carboxylic acids is 1. The second kappa shape index (κ2) is 7.95. The Balaban J connectivity index is 2.28. The fraction of sp³-hybridized carbons (Fsp3) is 0.562. The number of nitrogens with one attached hydrogen (secondary N) is 1. The molecule has 0 saturated heterocycles. The molecule has 1 aromatic carbocycles. The average molecular weight is 262 g/mol. The molecule has 0 aliphatic rings. The normalized spacial score (nSPS) is 14.2. The molecular weight excluding hydrogens is 236 g/mol. The van der Waals surface area contributed by atoms with Crippen molar-refractivity contribution in [1.29, 1.82) is 0 Å². The molecule has 0 aliphatic carbocycles. The Kier molecular flexibility index (Phi) is 6.57. The highest BCUT2D eigenvalue weighted by Crippen LogP contribution is 2.17. The van der Waals surface area contributed by atoms with Gasteiger partial charge in [0.15, 0.2) is 0 Å². The highest BCUT2D eigenvalue weighted by molar-refractivity contribution is 5.81. The smallest absolute Gasteiger partial charge is 0.236 e. The number of carbonyl (C=O) groups is 1. The molecule has 106 valence electrons. The van der Waals surface area contributed by atoms with Crippen LogP contribution < -0.4 is 11.1 Å². The third-order valence-corrected chi connectivity index (χ3v) is 3.31. The standard InChI is InChI=1S/C16H26N2O/c1-12(2)11-15(17)16(19)18-10-9-13(3)14-7-5-4-6-8-14/h4-8,12-13,15H,9-11,17H2,1-3H3,(H,18,19)/t13?,15-/m1/s1. The molecule has 3 heteroatoms. The van der Waals surface area contributed by atoms with Crippen molar-refractivity contribution in [2.24, 2.45) is 11.7 Å². The van der Waals surface area contributed by atoms with Crippen molar-refractivity contribution >= 4 is 5.91 Å². The van der Waals surface area contributed by atoms with Gasteiger partial charge in [0.1, 0.15) is 0 Å². The summed E-state index contributed by atoms with van der Waals surface area (Å²) in [6, 6.07) is 9.97. The number of amides is 1. The van der Waals surface area contributed by atoms with Gasteiger partial charge in [-0.05, 0) is 30.2 Å². The lowest BCUT2D eigenvalue weighted by Crippen LogP contribution is -2.41. The predicted octanol–water partition coefficient (Wildman–Crippen LogP) is 2.67. The van der Waals surface area contributed by atoms with Crippen LogP contribution in [0.2, 0.25) is 0 Å². The first kappa shape index (κ1) is 15.7. The molecule has 0 spiro atoms. The molecule has 0 fully saturated rings. The highest BCUT2D eigenvalue weighted by atomic mass is 16.2. The molecule has 0 aliphatic heterocycles. The first-order chi connectivity index (χ1) is 9.00. The van der Waals surface area contributed by atoms with E-state index < -0.39 is 0 Å². The Morgan fingerprint density at radius 2 is 1.84 bits per heavy atom. The third-order valence-electron chi connectivity index (χ3n) is 3.31. The van der Waals surface area contributed by atoms with Crippen molar-refractivity contribution in [3.05, 3.63) is 35.9 Å². The molecule has 0 bridgehead atoms. The molecule has 2 atom stereocenters. The van der Waals surface area contributed by atoms with Crippen LogP contribution in [-0.4, -0.2) is 18.5 Å². The molecule has 0 aromatic heterocycles. The highest BCUT2D eigenvalue weighted by Gasteiger charge is 2.14. The van der Waals surface area contributed by atoms with E-state index in [1.807, 2.05) is 18.2 Å². The summed E-state index contributed by atoms with van der Waals surface area (Å²) in [5, 5.41) is 2.92. The number of benzene rings is 1. The molecule has 0 saturated carbocycles. The maximum atomic E-state index is 11.8. The lowest BCUT2D eigenvalue weighted by atomic mass is 9.98. The van der Waals surface area contributed by atoms with Gasteiger partial charge in [0.25, 0.3) is 0 Å². The van der Waals surface area contributed by atoms with E-state index in [9.17, 15) is 4.79 Å². The van der Waals surface area contributed by atoms with Gasteiger partial charge in [0.05, 0.1) is 6.04 Å². The van der Waals surface area contributed by atoms with Crippen LogP contribution in [0.15, 0.2) is 30.3 Å². The van der Waals surface area contributed by atoms with E-state index in [1.165, 1.54) is 5.56 Å². The topological polar surface area (TPSA) is 55.1 Å². The van der Waals surface area contributed by atoms with Crippen molar-refractivity contribution in [2.75, 3.05) is 6.54 Å². The Bertz CT molecular complexity index is 376. The maximum absolute atomic E-state index is 11.8. The minimum Gasteiger partial charge on any atom is -0.355 e. The molecule has 0 heterocycles. The Morgan fingerprint density at radius 1 is 1.21 bits per heavy atom. The van der Waals surface area contributed by atoms with Crippen molar-refractivity contribution in [1.82, 2.24) is 5.32 Å². The fourth-order valence-electron chi connectivity index (χ4n) is 2.11. The van der Waals surface area contributed by atoms with Gasteiger partial charge in [0, 0.05) is 6.54 Å². The monoisotopic (exact) mass is 262 g/mol. The number of hydrogen-bond acceptors (Lipinski definition) is 2. The lowest BCUT2D eigenvalue weighted by Gasteiger charge is -2.16. The molecule has 0 radical (unpaired) electrons. The van der Waals surface area contributed by atoms with Crippen LogP contribution in [-0.2, 0) is 4.79 Å². The zero-order chi connectivity index (χ0) is 14.3. The first-order valence-corrected chi connectivity index (χ1v) is 7.09. The van der Waals surface area contributed by atoms with Gasteiger partial charge in [-0.3, -0.25) is 4.79 Å². The third kappa shape index (κ3) is 5.88. The van der Waals surface area contributed by atoms with Crippen LogP contribution in [0.4, 0.5) is 0 Å².